The zero-order chi connectivity index (χ0) is 30.0. The second-order valence-corrected chi connectivity index (χ2v) is 13.5. The van der Waals surface area contributed by atoms with E-state index in [1.807, 2.05) is 13.0 Å². The third-order valence-corrected chi connectivity index (χ3v) is 10.0. The summed E-state index contributed by atoms with van der Waals surface area (Å²) in [5, 5.41) is 3.39. The van der Waals surface area contributed by atoms with Gasteiger partial charge in [-0.05, 0) is 68.1 Å². The van der Waals surface area contributed by atoms with Crippen LogP contribution in [0.4, 0.5) is 0 Å². The smallest absolute Gasteiger partial charge is 0.313 e. The van der Waals surface area contributed by atoms with Gasteiger partial charge in [0.15, 0.2) is 5.79 Å². The van der Waals surface area contributed by atoms with Crippen molar-refractivity contribution in [3.8, 4) is 0 Å². The van der Waals surface area contributed by atoms with Gasteiger partial charge in [-0.15, -0.1) is 0 Å². The summed E-state index contributed by atoms with van der Waals surface area (Å²) >= 11 is 0. The molecule has 0 amide bonds. The number of rotatable bonds is 3. The first-order valence-corrected chi connectivity index (χ1v) is 16.0. The number of nitroso groups, excluding NO2 is 1. The van der Waals surface area contributed by atoms with Crippen LogP contribution in [0.25, 0.3) is 0 Å². The fourth-order valence-corrected chi connectivity index (χ4v) is 7.57. The molecule has 1 spiro atoms. The normalized spacial score (nSPS) is 44.9. The molecule has 5 rings (SSSR count). The molecule has 2 fully saturated rings. The first-order chi connectivity index (χ1) is 20.1. The van der Waals surface area contributed by atoms with E-state index in [2.05, 4.69) is 76.3 Å². The minimum Gasteiger partial charge on any atom is -0.462 e. The van der Waals surface area contributed by atoms with E-state index in [-0.39, 0.29) is 30.2 Å². The van der Waals surface area contributed by atoms with Crippen LogP contribution in [-0.4, -0.2) is 48.8 Å². The summed E-state index contributed by atoms with van der Waals surface area (Å²) < 4.78 is 26.2. The van der Waals surface area contributed by atoms with Gasteiger partial charge in [0.25, 0.3) is 0 Å². The number of hydrogen-bond donors (Lipinski definition) is 0. The summed E-state index contributed by atoms with van der Waals surface area (Å²) in [6, 6.07) is -0.606. The lowest BCUT2D eigenvalue weighted by Gasteiger charge is -2.45. The molecule has 0 aromatic carbocycles. The lowest BCUT2D eigenvalue weighted by molar-refractivity contribution is -0.294. The summed E-state index contributed by atoms with van der Waals surface area (Å²) in [5.41, 5.74) is 3.07. The Hall–Kier alpha value is -2.35. The Morgan fingerprint density at radius 3 is 2.71 bits per heavy atom. The summed E-state index contributed by atoms with van der Waals surface area (Å²) in [4.78, 5) is 25.8. The maximum Gasteiger partial charge on any atom is 0.313 e. The van der Waals surface area contributed by atoms with Crippen molar-refractivity contribution in [3.05, 3.63) is 64.2 Å². The van der Waals surface area contributed by atoms with Gasteiger partial charge in [-0.1, -0.05) is 81.3 Å². The lowest BCUT2D eigenvalue weighted by atomic mass is 9.74. The maximum atomic E-state index is 14.0. The van der Waals surface area contributed by atoms with Crippen LogP contribution in [0.2, 0.25) is 0 Å². The first kappa shape index (κ1) is 31.1. The van der Waals surface area contributed by atoms with Gasteiger partial charge in [0, 0.05) is 18.8 Å². The maximum absolute atomic E-state index is 14.0. The SMILES string of the molecule is CCC(C)C1O[C@]2(C=CC[C@@H]1C)C[C@@H]1C[C@@H](C/C=C(\C)C[C@@H](C)/C=C/C=C3\CO[C@@H]4C(N=O)C(C)=C[C@@H](C(=O)O1)C34)O2. The Labute approximate surface area is 251 Å². The van der Waals surface area contributed by atoms with Crippen LogP contribution in [0.3, 0.4) is 0 Å². The molecular formula is C35H49NO6. The zero-order valence-electron chi connectivity index (χ0n) is 26.2. The van der Waals surface area contributed by atoms with Crippen molar-refractivity contribution >= 4 is 5.97 Å². The van der Waals surface area contributed by atoms with Gasteiger partial charge >= 0.3 is 5.97 Å². The molecule has 2 bridgehead atoms. The predicted molar refractivity (Wildman–Crippen MR) is 163 cm³/mol. The highest BCUT2D eigenvalue weighted by molar-refractivity contribution is 5.77. The van der Waals surface area contributed by atoms with Gasteiger partial charge in [0.2, 0.25) is 0 Å². The summed E-state index contributed by atoms with van der Waals surface area (Å²) in [5.74, 6) is -0.965. The van der Waals surface area contributed by atoms with E-state index in [0.29, 0.717) is 37.2 Å². The van der Waals surface area contributed by atoms with Crippen LogP contribution in [0.1, 0.15) is 80.1 Å². The largest absolute Gasteiger partial charge is 0.462 e. The van der Waals surface area contributed by atoms with Gasteiger partial charge in [-0.2, -0.15) is 4.91 Å². The molecule has 0 N–H and O–H groups in total. The Balaban J connectivity index is 1.51. The molecule has 11 atom stereocenters. The first-order valence-electron chi connectivity index (χ1n) is 16.0. The van der Waals surface area contributed by atoms with E-state index in [4.69, 9.17) is 18.9 Å². The molecule has 0 aromatic rings. The molecule has 0 saturated carbocycles. The highest BCUT2D eigenvalue weighted by atomic mass is 16.7. The number of hydrogen-bond acceptors (Lipinski definition) is 7. The van der Waals surface area contributed by atoms with Crippen molar-refractivity contribution < 1.29 is 23.7 Å². The van der Waals surface area contributed by atoms with E-state index in [1.54, 1.807) is 0 Å². The molecule has 1 aliphatic carbocycles. The molecule has 7 heteroatoms. The summed E-state index contributed by atoms with van der Waals surface area (Å²) in [7, 11) is 0. The molecule has 4 unspecified atom stereocenters. The molecule has 0 aromatic heterocycles. The average Bonchev–Trinajstić information content (AvgIpc) is 3.29. The highest BCUT2D eigenvalue weighted by Crippen LogP contribution is 2.45. The number of nitrogens with zero attached hydrogens (tertiary/aromatic N) is 1. The van der Waals surface area contributed by atoms with Gasteiger partial charge < -0.3 is 18.9 Å². The number of carbonyl (C=O) groups is 1. The molecule has 5 aliphatic rings. The number of carbonyl (C=O) groups excluding carboxylic acids is 1. The van der Waals surface area contributed by atoms with E-state index in [1.165, 1.54) is 5.57 Å². The molecule has 7 nitrogen and oxygen atoms in total. The van der Waals surface area contributed by atoms with Crippen molar-refractivity contribution in [3.63, 3.8) is 0 Å². The standard InChI is InChI=1S/C35H49NO6/c1-7-23(4)32-24(5)11-9-15-35(42-32)19-28-18-27(41-35)14-13-22(3)16-21(2)10-8-12-26-20-39-33-30(26)29(34(37)40-28)17-25(6)31(33)36-38/h8-10,12-13,15,17,21,23-24,27-33H,7,11,14,16,18-20H2,1-6H3/b10-8+,22-13+,26-12+/t21-,23?,24-,27+,28-,29+,30?,31?,32?,33-,35+/m0/s1. The lowest BCUT2D eigenvalue weighted by Crippen LogP contribution is -2.51. The fraction of sp³-hybridized carbons (Fsp3) is 0.686. The van der Waals surface area contributed by atoms with Gasteiger partial charge in [-0.25, -0.2) is 0 Å². The van der Waals surface area contributed by atoms with Crippen LogP contribution in [0.5, 0.6) is 0 Å². The van der Waals surface area contributed by atoms with Crippen LogP contribution < -0.4 is 0 Å². The van der Waals surface area contributed by atoms with Crippen LogP contribution >= 0.6 is 0 Å². The Morgan fingerprint density at radius 1 is 1.14 bits per heavy atom. The zero-order valence-corrected chi connectivity index (χ0v) is 26.2. The predicted octanol–water partition coefficient (Wildman–Crippen LogP) is 7.39. The van der Waals surface area contributed by atoms with E-state index < -0.39 is 23.9 Å². The molecule has 230 valence electrons. The minimum atomic E-state index is -0.940. The highest BCUT2D eigenvalue weighted by Gasteiger charge is 2.51. The van der Waals surface area contributed by atoms with Gasteiger partial charge in [-0.3, -0.25) is 4.79 Å². The van der Waals surface area contributed by atoms with E-state index >= 15 is 0 Å². The van der Waals surface area contributed by atoms with Crippen molar-refractivity contribution in [2.75, 3.05) is 6.61 Å². The van der Waals surface area contributed by atoms with Gasteiger partial charge in [0.05, 0.1) is 30.8 Å². The Kier molecular flexibility index (Phi) is 9.70. The summed E-state index contributed by atoms with van der Waals surface area (Å²) in [6.07, 6.45) is 18.5. The Bertz CT molecular complexity index is 1170. The second kappa shape index (κ2) is 13.1. The molecule has 4 heterocycles. The average molecular weight is 580 g/mol. The quantitative estimate of drug-likeness (QED) is 0.197. The molecule has 0 radical (unpaired) electrons. The van der Waals surface area contributed by atoms with Crippen molar-refractivity contribution in [2.24, 2.45) is 34.8 Å². The minimum absolute atomic E-state index is 0.0451. The fourth-order valence-electron chi connectivity index (χ4n) is 7.57. The number of allylic oxidation sites excluding steroid dienone is 5. The molecular weight excluding hydrogens is 530 g/mol. The van der Waals surface area contributed by atoms with Crippen LogP contribution in [0, 0.1) is 34.5 Å². The third kappa shape index (κ3) is 6.58. The molecule has 42 heavy (non-hydrogen) atoms. The monoisotopic (exact) mass is 579 g/mol. The van der Waals surface area contributed by atoms with E-state index in [9.17, 15) is 9.70 Å². The van der Waals surface area contributed by atoms with Gasteiger partial charge in [0.1, 0.15) is 12.1 Å². The number of esters is 1. The molecule has 4 aliphatic heterocycles. The number of ether oxygens (including phenoxy) is 4. The van der Waals surface area contributed by atoms with Crippen molar-refractivity contribution in [1.29, 1.82) is 0 Å². The second-order valence-electron chi connectivity index (χ2n) is 13.5. The van der Waals surface area contributed by atoms with Crippen LogP contribution in [0.15, 0.2) is 64.4 Å². The summed E-state index contributed by atoms with van der Waals surface area (Å²) in [6.45, 7) is 13.3. The van der Waals surface area contributed by atoms with Crippen molar-refractivity contribution in [2.45, 2.75) is 116 Å². The number of fused-ring (bicyclic) bond motifs is 2. The van der Waals surface area contributed by atoms with Crippen molar-refractivity contribution in [1.82, 2.24) is 0 Å². The van der Waals surface area contributed by atoms with Crippen LogP contribution in [-0.2, 0) is 23.7 Å². The van der Waals surface area contributed by atoms with E-state index in [0.717, 1.165) is 36.8 Å². The third-order valence-electron chi connectivity index (χ3n) is 10.0. The topological polar surface area (TPSA) is 83.4 Å². The molecule has 2 saturated heterocycles. The Morgan fingerprint density at radius 2 is 1.95 bits per heavy atom.